The van der Waals surface area contributed by atoms with Gasteiger partial charge in [0.25, 0.3) is 5.91 Å². The zero-order valence-electron chi connectivity index (χ0n) is 14.7. The van der Waals surface area contributed by atoms with Crippen LogP contribution in [0.15, 0.2) is 48.5 Å². The van der Waals surface area contributed by atoms with E-state index < -0.39 is 0 Å². The van der Waals surface area contributed by atoms with Gasteiger partial charge in [0.05, 0.1) is 12.1 Å². The minimum atomic E-state index is -0.238. The predicted molar refractivity (Wildman–Crippen MR) is 106 cm³/mol. The number of H-pyrrole nitrogens is 1. The lowest BCUT2D eigenvalue weighted by molar-refractivity contribution is 0.0945. The molecule has 140 valence electrons. The van der Waals surface area contributed by atoms with Crippen LogP contribution >= 0.6 is 23.8 Å². The number of para-hydroxylation sites is 1. The number of halogens is 1. The van der Waals surface area contributed by atoms with E-state index in [9.17, 15) is 4.79 Å². The first-order chi connectivity index (χ1) is 13.1. The molecule has 1 aromatic heterocycles. The molecule has 3 aromatic rings. The van der Waals surface area contributed by atoms with E-state index in [1.165, 1.54) is 0 Å². The van der Waals surface area contributed by atoms with Crippen molar-refractivity contribution in [3.8, 4) is 5.75 Å². The molecule has 0 bridgehead atoms. The van der Waals surface area contributed by atoms with Crippen molar-refractivity contribution in [2.45, 2.75) is 26.6 Å². The maximum atomic E-state index is 12.6. The molecular weight excluding hydrogens is 384 g/mol. The summed E-state index contributed by atoms with van der Waals surface area (Å²) in [6, 6.07) is 14.5. The summed E-state index contributed by atoms with van der Waals surface area (Å²) in [5.41, 5.74) is 1.43. The highest BCUT2D eigenvalue weighted by Gasteiger charge is 2.13. The number of nitrogens with one attached hydrogen (secondary N) is 2. The third-order valence-corrected chi connectivity index (χ3v) is 4.56. The van der Waals surface area contributed by atoms with Gasteiger partial charge in [0.15, 0.2) is 10.6 Å². The molecule has 2 N–H and O–H groups in total. The van der Waals surface area contributed by atoms with Crippen LogP contribution in [0.25, 0.3) is 0 Å². The van der Waals surface area contributed by atoms with Gasteiger partial charge in [0, 0.05) is 11.6 Å². The molecule has 1 amide bonds. The monoisotopic (exact) mass is 402 g/mol. The normalized spacial score (nSPS) is 10.6. The third-order valence-electron chi connectivity index (χ3n) is 4.00. The lowest BCUT2D eigenvalue weighted by atomic mass is 10.2. The molecule has 0 aliphatic heterocycles. The fourth-order valence-electron chi connectivity index (χ4n) is 2.59. The van der Waals surface area contributed by atoms with Crippen molar-refractivity contribution in [1.82, 2.24) is 20.1 Å². The molecule has 0 fully saturated rings. The fourth-order valence-corrected chi connectivity index (χ4v) is 2.99. The zero-order valence-corrected chi connectivity index (χ0v) is 16.3. The smallest absolute Gasteiger partial charge is 0.255 e. The van der Waals surface area contributed by atoms with Crippen LogP contribution in [0.2, 0.25) is 5.02 Å². The van der Waals surface area contributed by atoms with Gasteiger partial charge in [-0.1, -0.05) is 35.9 Å². The van der Waals surface area contributed by atoms with Crippen LogP contribution < -0.4 is 10.1 Å². The van der Waals surface area contributed by atoms with E-state index in [2.05, 4.69) is 15.5 Å². The number of rotatable bonds is 7. The molecule has 2 aromatic carbocycles. The van der Waals surface area contributed by atoms with Crippen LogP contribution in [0.1, 0.15) is 28.7 Å². The SMILES string of the molecule is CCn1c(CNC(=O)c2ccccc2OCc2ccc(Cl)cc2)n[nH]c1=S. The van der Waals surface area contributed by atoms with Crippen molar-refractivity contribution < 1.29 is 9.53 Å². The Morgan fingerprint density at radius 1 is 1.26 bits per heavy atom. The first kappa shape index (κ1) is 19.1. The van der Waals surface area contributed by atoms with Crippen molar-refractivity contribution in [3.63, 3.8) is 0 Å². The summed E-state index contributed by atoms with van der Waals surface area (Å²) in [5, 5.41) is 10.4. The Kier molecular flexibility index (Phi) is 6.26. The summed E-state index contributed by atoms with van der Waals surface area (Å²) in [4.78, 5) is 12.6. The number of benzene rings is 2. The number of hydrogen-bond acceptors (Lipinski definition) is 4. The molecule has 0 aliphatic carbocycles. The van der Waals surface area contributed by atoms with Crippen molar-refractivity contribution in [3.05, 3.63) is 75.3 Å². The Bertz CT molecular complexity index is 982. The molecule has 0 saturated carbocycles. The Morgan fingerprint density at radius 3 is 2.74 bits per heavy atom. The molecule has 0 spiro atoms. The van der Waals surface area contributed by atoms with Gasteiger partial charge in [0.2, 0.25) is 0 Å². The molecule has 6 nitrogen and oxygen atoms in total. The number of aromatic amines is 1. The van der Waals surface area contributed by atoms with Crippen molar-refractivity contribution in [2.24, 2.45) is 0 Å². The van der Waals surface area contributed by atoms with Gasteiger partial charge in [-0.15, -0.1) is 0 Å². The summed E-state index contributed by atoms with van der Waals surface area (Å²) in [5.74, 6) is 0.952. The van der Waals surface area contributed by atoms with Gasteiger partial charge in [-0.2, -0.15) is 5.10 Å². The number of hydrogen-bond donors (Lipinski definition) is 2. The van der Waals surface area contributed by atoms with Gasteiger partial charge in [-0.05, 0) is 49.0 Å². The summed E-state index contributed by atoms with van der Waals surface area (Å²) >= 11 is 11.1. The average Bonchev–Trinajstić information content (AvgIpc) is 3.05. The molecule has 0 aliphatic rings. The molecule has 0 atom stereocenters. The summed E-state index contributed by atoms with van der Waals surface area (Å²) < 4.78 is 8.21. The van der Waals surface area contributed by atoms with Crippen LogP contribution in [0, 0.1) is 4.77 Å². The first-order valence-electron chi connectivity index (χ1n) is 8.47. The van der Waals surface area contributed by atoms with E-state index in [0.717, 1.165) is 5.56 Å². The number of amides is 1. The Balaban J connectivity index is 1.68. The minimum absolute atomic E-state index is 0.238. The van der Waals surface area contributed by atoms with Gasteiger partial charge in [-0.25, -0.2) is 0 Å². The highest BCUT2D eigenvalue weighted by molar-refractivity contribution is 7.71. The maximum absolute atomic E-state index is 12.6. The van der Waals surface area contributed by atoms with E-state index in [-0.39, 0.29) is 12.5 Å². The van der Waals surface area contributed by atoms with Gasteiger partial charge in [-0.3, -0.25) is 9.89 Å². The maximum Gasteiger partial charge on any atom is 0.255 e. The quantitative estimate of drug-likeness (QED) is 0.583. The van der Waals surface area contributed by atoms with Crippen molar-refractivity contribution in [1.29, 1.82) is 0 Å². The highest BCUT2D eigenvalue weighted by atomic mass is 35.5. The molecule has 1 heterocycles. The molecular formula is C19H19ClN4O2S. The number of carbonyl (C=O) groups is 1. The topological polar surface area (TPSA) is 71.9 Å². The van der Waals surface area contributed by atoms with Crippen LogP contribution in [0.4, 0.5) is 0 Å². The lowest BCUT2D eigenvalue weighted by Crippen LogP contribution is -2.25. The Labute approximate surface area is 167 Å². The van der Waals surface area contributed by atoms with E-state index in [1.54, 1.807) is 30.3 Å². The van der Waals surface area contributed by atoms with E-state index in [4.69, 9.17) is 28.6 Å². The molecule has 0 saturated heterocycles. The van der Waals surface area contributed by atoms with Gasteiger partial charge >= 0.3 is 0 Å². The fraction of sp³-hybridized carbons (Fsp3) is 0.211. The predicted octanol–water partition coefficient (Wildman–Crippen LogP) is 4.12. The van der Waals surface area contributed by atoms with Crippen molar-refractivity contribution >= 4 is 29.7 Å². The summed E-state index contributed by atoms with van der Waals surface area (Å²) in [7, 11) is 0. The van der Waals surface area contributed by atoms with Crippen LogP contribution in [0.5, 0.6) is 5.75 Å². The van der Waals surface area contributed by atoms with Crippen LogP contribution in [0.3, 0.4) is 0 Å². The second kappa shape index (κ2) is 8.83. The molecule has 0 unspecified atom stereocenters. The second-order valence-electron chi connectivity index (χ2n) is 5.78. The zero-order chi connectivity index (χ0) is 19.2. The standard InChI is InChI=1S/C19H19ClN4O2S/c1-2-24-17(22-23-19(24)27)11-21-18(25)15-5-3-4-6-16(15)26-12-13-7-9-14(20)10-8-13/h3-10H,2,11-12H2,1H3,(H,21,25)(H,23,27). The van der Waals surface area contributed by atoms with Gasteiger partial charge in [0.1, 0.15) is 12.4 Å². The Morgan fingerprint density at radius 2 is 2.00 bits per heavy atom. The number of carbonyl (C=O) groups excluding carboxylic acids is 1. The minimum Gasteiger partial charge on any atom is -0.488 e. The first-order valence-corrected chi connectivity index (χ1v) is 9.25. The summed E-state index contributed by atoms with van der Waals surface area (Å²) in [6.45, 7) is 3.26. The number of aromatic nitrogens is 3. The lowest BCUT2D eigenvalue weighted by Gasteiger charge is -2.12. The van der Waals surface area contributed by atoms with Crippen LogP contribution in [-0.4, -0.2) is 20.7 Å². The van der Waals surface area contributed by atoms with Gasteiger partial charge < -0.3 is 14.6 Å². The second-order valence-corrected chi connectivity index (χ2v) is 6.61. The molecule has 3 rings (SSSR count). The van der Waals surface area contributed by atoms with E-state index in [0.29, 0.717) is 40.1 Å². The molecule has 27 heavy (non-hydrogen) atoms. The summed E-state index contributed by atoms with van der Waals surface area (Å²) in [6.07, 6.45) is 0. The number of nitrogens with zero attached hydrogens (tertiary/aromatic N) is 2. The largest absolute Gasteiger partial charge is 0.488 e. The van der Waals surface area contributed by atoms with E-state index >= 15 is 0 Å². The average molecular weight is 403 g/mol. The third kappa shape index (κ3) is 4.75. The molecule has 8 heteroatoms. The number of ether oxygens (including phenoxy) is 1. The molecule has 0 radical (unpaired) electrons. The van der Waals surface area contributed by atoms with Crippen molar-refractivity contribution in [2.75, 3.05) is 0 Å². The Hall–Kier alpha value is -2.64. The highest BCUT2D eigenvalue weighted by Crippen LogP contribution is 2.20. The van der Waals surface area contributed by atoms with Crippen LogP contribution in [-0.2, 0) is 19.7 Å². The van der Waals surface area contributed by atoms with E-state index in [1.807, 2.05) is 29.7 Å².